The van der Waals surface area contributed by atoms with Crippen molar-refractivity contribution < 1.29 is 51.6 Å². The molecular weight excluding hydrogens is 814 g/mol. The number of fused-ring (bicyclic) bond motifs is 3. The highest BCUT2D eigenvalue weighted by Crippen LogP contribution is 2.78. The lowest BCUT2D eigenvalue weighted by Crippen LogP contribution is -2.68. The molecule has 8 aliphatic rings. The summed E-state index contributed by atoms with van der Waals surface area (Å²) in [5.74, 6) is -2.51. The molecule has 2 N–H and O–H groups in total. The number of halogens is 5. The lowest BCUT2D eigenvalue weighted by Gasteiger charge is -2.71. The first-order valence-electron chi connectivity index (χ1n) is 21.6. The summed E-state index contributed by atoms with van der Waals surface area (Å²) in [4.78, 5) is 45.1. The Kier molecular flexibility index (Phi) is 9.34. The summed E-state index contributed by atoms with van der Waals surface area (Å²) in [6, 6.07) is 9.61. The van der Waals surface area contributed by atoms with E-state index in [4.69, 9.17) is 16.3 Å². The Bertz CT molecular complexity index is 2260. The van der Waals surface area contributed by atoms with E-state index in [1.54, 1.807) is 6.07 Å². The normalized spacial score (nSPS) is 40.2. The van der Waals surface area contributed by atoms with E-state index in [-0.39, 0.29) is 66.0 Å². The van der Waals surface area contributed by atoms with Crippen LogP contribution < -0.4 is 4.74 Å². The van der Waals surface area contributed by atoms with Gasteiger partial charge in [-0.2, -0.15) is 0 Å². The molecule has 0 aromatic heterocycles. The van der Waals surface area contributed by atoms with E-state index in [1.807, 2.05) is 27.7 Å². The summed E-state index contributed by atoms with van der Waals surface area (Å²) in [6.45, 7) is 9.57. The van der Waals surface area contributed by atoms with Gasteiger partial charge in [0, 0.05) is 50.8 Å². The molecule has 2 aromatic rings. The Labute approximate surface area is 358 Å². The number of allylic oxidation sites excluding steroid dienone is 4. The molecule has 4 bridgehead atoms. The van der Waals surface area contributed by atoms with Crippen LogP contribution >= 0.6 is 11.6 Å². The first-order valence-corrected chi connectivity index (χ1v) is 22.0. The number of esters is 1. The van der Waals surface area contributed by atoms with Crippen molar-refractivity contribution in [2.75, 3.05) is 6.54 Å². The molecule has 10 atom stereocenters. The fraction of sp³-hybridized carbons (Fsp3) is 0.604. The van der Waals surface area contributed by atoms with E-state index >= 15 is 9.18 Å². The standard InChI is InChI=1S/C48H54ClF4NO7/c1-40(2)43(5)19-22-47(40,61-39(43)58)38(57)54(26-28-9-11-30(12-10-28)60-48(51,52)53)27-45(59)18-15-37-42(45,4)17-14-36-41(3)16-13-29(55)24-44(41)20-21-46(36,37)32(25-44)35(56)23-31-33(49)7-6-8-34(31)50/h6-12,20-21,25,29,36-37,55,59H,13-19,22-24,26-27H2,1-5H3. The third kappa shape index (κ3) is 5.65. The number of nitrogens with zero attached hydrogens (tertiary/aromatic N) is 1. The van der Waals surface area contributed by atoms with Crippen molar-refractivity contribution in [3.8, 4) is 5.75 Å². The van der Waals surface area contributed by atoms with Gasteiger partial charge < -0.3 is 24.6 Å². The number of alkyl halides is 3. The lowest BCUT2D eigenvalue weighted by molar-refractivity contribution is -0.274. The van der Waals surface area contributed by atoms with E-state index in [2.05, 4.69) is 29.9 Å². The van der Waals surface area contributed by atoms with Gasteiger partial charge in [-0.3, -0.25) is 14.4 Å². The van der Waals surface area contributed by atoms with E-state index in [1.165, 1.54) is 41.3 Å². The van der Waals surface area contributed by atoms with E-state index in [0.717, 1.165) is 6.42 Å². The number of ether oxygens (including phenoxy) is 2. The van der Waals surface area contributed by atoms with Crippen molar-refractivity contribution >= 4 is 29.3 Å². The third-order valence-electron chi connectivity index (χ3n) is 18.1. The minimum absolute atomic E-state index is 0.0399. The van der Waals surface area contributed by atoms with Gasteiger partial charge in [-0.05, 0) is 112 Å². The van der Waals surface area contributed by atoms with Gasteiger partial charge in [0.2, 0.25) is 0 Å². The number of Topliss-reactive ketones (excluding diaryl/α,β-unsaturated/α-hetero) is 1. The molecule has 61 heavy (non-hydrogen) atoms. The maximum Gasteiger partial charge on any atom is 0.573 e. The summed E-state index contributed by atoms with van der Waals surface area (Å²) in [5.41, 5.74) is -6.38. The number of ketones is 1. The smallest absolute Gasteiger partial charge is 0.448 e. The second-order valence-electron chi connectivity index (χ2n) is 20.6. The number of hydrogen-bond acceptors (Lipinski definition) is 7. The highest BCUT2D eigenvalue weighted by atomic mass is 35.5. The molecule has 1 heterocycles. The number of carbonyl (C=O) groups is 3. The number of benzene rings is 2. The van der Waals surface area contributed by atoms with Crippen molar-refractivity contribution in [2.24, 2.45) is 44.3 Å². The van der Waals surface area contributed by atoms with E-state index in [0.29, 0.717) is 49.7 Å². The molecule has 10 unspecified atom stereocenters. The van der Waals surface area contributed by atoms with Gasteiger partial charge in [0.1, 0.15) is 11.6 Å². The molecule has 0 radical (unpaired) electrons. The highest BCUT2D eigenvalue weighted by Gasteiger charge is 2.78. The third-order valence-corrected chi connectivity index (χ3v) is 18.5. The van der Waals surface area contributed by atoms with Crippen LogP contribution in [0.4, 0.5) is 17.6 Å². The van der Waals surface area contributed by atoms with Crippen LogP contribution in [0.3, 0.4) is 0 Å². The molecular formula is C48H54ClF4NO7. The van der Waals surface area contributed by atoms with Crippen LogP contribution in [0.2, 0.25) is 5.02 Å². The largest absolute Gasteiger partial charge is 0.573 e. The molecule has 10 rings (SSSR count). The average Bonchev–Trinajstić information content (AvgIpc) is 3.63. The second-order valence-corrected chi connectivity index (χ2v) is 21.0. The summed E-state index contributed by atoms with van der Waals surface area (Å²) in [7, 11) is 0. The van der Waals surface area contributed by atoms with Crippen LogP contribution in [-0.2, 0) is 32.1 Å². The van der Waals surface area contributed by atoms with Crippen molar-refractivity contribution in [1.82, 2.24) is 4.90 Å². The fourth-order valence-corrected chi connectivity index (χ4v) is 14.4. The molecule has 4 saturated carbocycles. The highest BCUT2D eigenvalue weighted by molar-refractivity contribution is 6.31. The Hall–Kier alpha value is -3.74. The van der Waals surface area contributed by atoms with Crippen molar-refractivity contribution in [1.29, 1.82) is 0 Å². The SMILES string of the molecule is CC12CCC(C(=O)N(Cc3ccc(OC(F)(F)F)cc3)CC3(O)CCC4C56C=CC7(C=C5C(=O)Cc5c(F)cccc5Cl)CC(O)CCC7(C)C6CCC43C)(OC1=O)C2(C)C. The summed E-state index contributed by atoms with van der Waals surface area (Å²) in [5, 5.41) is 24.6. The summed E-state index contributed by atoms with van der Waals surface area (Å²) < 4.78 is 64.7. The van der Waals surface area contributed by atoms with Crippen LogP contribution in [0.25, 0.3) is 0 Å². The predicted molar refractivity (Wildman–Crippen MR) is 217 cm³/mol. The molecule has 8 nitrogen and oxygen atoms in total. The zero-order valence-electron chi connectivity index (χ0n) is 35.3. The summed E-state index contributed by atoms with van der Waals surface area (Å²) >= 11 is 6.49. The molecule has 1 amide bonds. The number of amides is 1. The lowest BCUT2D eigenvalue weighted by atomic mass is 9.32. The van der Waals surface area contributed by atoms with Gasteiger partial charge in [0.15, 0.2) is 11.4 Å². The van der Waals surface area contributed by atoms with Gasteiger partial charge in [-0.1, -0.05) is 75.7 Å². The van der Waals surface area contributed by atoms with Crippen LogP contribution in [0.5, 0.6) is 5.75 Å². The number of aliphatic hydroxyl groups is 2. The van der Waals surface area contributed by atoms with Crippen molar-refractivity contribution in [3.05, 3.63) is 88.2 Å². The zero-order chi connectivity index (χ0) is 44.0. The average molecular weight is 868 g/mol. The molecule has 328 valence electrons. The fourth-order valence-electron chi connectivity index (χ4n) is 14.1. The Morgan fingerprint density at radius 2 is 1.59 bits per heavy atom. The van der Waals surface area contributed by atoms with Crippen LogP contribution in [-0.4, -0.2) is 63.0 Å². The van der Waals surface area contributed by atoms with Crippen LogP contribution in [0, 0.1) is 50.1 Å². The maximum atomic E-state index is 15.3. The number of hydrogen-bond donors (Lipinski definition) is 2. The molecule has 1 saturated heterocycles. The monoisotopic (exact) mass is 867 g/mol. The van der Waals surface area contributed by atoms with Gasteiger partial charge >= 0.3 is 12.3 Å². The van der Waals surface area contributed by atoms with Crippen molar-refractivity contribution in [2.45, 2.75) is 129 Å². The molecule has 7 aliphatic carbocycles. The maximum absolute atomic E-state index is 15.3. The van der Waals surface area contributed by atoms with E-state index in [9.17, 15) is 33.0 Å². The van der Waals surface area contributed by atoms with Gasteiger partial charge in [-0.25, -0.2) is 4.39 Å². The minimum atomic E-state index is -4.89. The zero-order valence-corrected chi connectivity index (χ0v) is 36.0. The molecule has 13 heteroatoms. The molecule has 5 fully saturated rings. The van der Waals surface area contributed by atoms with E-state index < -0.39 is 74.2 Å². The first-order chi connectivity index (χ1) is 28.4. The number of aliphatic hydroxyl groups excluding tert-OH is 1. The minimum Gasteiger partial charge on any atom is -0.448 e. The molecule has 1 aliphatic heterocycles. The molecule has 2 aromatic carbocycles. The Balaban J connectivity index is 1.11. The quantitative estimate of drug-likeness (QED) is 0.147. The second kappa shape index (κ2) is 13.4. The van der Waals surface area contributed by atoms with Gasteiger partial charge in [0.05, 0.1) is 23.7 Å². The number of carbonyl (C=O) groups excluding carboxylic acids is 3. The Morgan fingerprint density at radius 3 is 2.23 bits per heavy atom. The molecule has 2 spiro atoms. The topological polar surface area (TPSA) is 113 Å². The summed E-state index contributed by atoms with van der Waals surface area (Å²) in [6.07, 6.45) is 5.19. The predicted octanol–water partition coefficient (Wildman–Crippen LogP) is 9.23. The first kappa shape index (κ1) is 42.6. The van der Waals surface area contributed by atoms with Crippen LogP contribution in [0.15, 0.2) is 66.3 Å². The van der Waals surface area contributed by atoms with Crippen LogP contribution in [0.1, 0.15) is 104 Å². The van der Waals surface area contributed by atoms with Gasteiger partial charge in [0.25, 0.3) is 5.91 Å². The number of rotatable bonds is 9. The Morgan fingerprint density at radius 1 is 0.918 bits per heavy atom. The van der Waals surface area contributed by atoms with Crippen molar-refractivity contribution in [3.63, 3.8) is 0 Å². The van der Waals surface area contributed by atoms with Gasteiger partial charge in [-0.15, -0.1) is 13.2 Å².